The summed E-state index contributed by atoms with van der Waals surface area (Å²) in [5.74, 6) is -0.289. The topological polar surface area (TPSA) is 76.1 Å². The molecular weight excluding hydrogens is 478 g/mol. The first-order valence-corrected chi connectivity index (χ1v) is 12.3. The summed E-state index contributed by atoms with van der Waals surface area (Å²) >= 11 is 6.02. The SMILES string of the molecule is COc1cc(C(=O)N(CCCc2ccccc2)CC(=O)O)cc2c1O[C@@](C)(Cc1ccc(Cl)cc1)C2. The average Bonchev–Trinajstić information content (AvgIpc) is 3.20. The lowest BCUT2D eigenvalue weighted by Gasteiger charge is -2.24. The number of halogens is 1. The lowest BCUT2D eigenvalue weighted by atomic mass is 9.91. The highest BCUT2D eigenvalue weighted by Gasteiger charge is 2.38. The molecule has 0 unspecified atom stereocenters. The molecule has 36 heavy (non-hydrogen) atoms. The summed E-state index contributed by atoms with van der Waals surface area (Å²) < 4.78 is 11.9. The summed E-state index contributed by atoms with van der Waals surface area (Å²) in [4.78, 5) is 26.3. The highest BCUT2D eigenvalue weighted by molar-refractivity contribution is 6.30. The molecule has 3 aromatic rings. The van der Waals surface area contributed by atoms with Gasteiger partial charge in [0, 0.05) is 35.5 Å². The van der Waals surface area contributed by atoms with Crippen molar-refractivity contribution in [2.24, 2.45) is 0 Å². The molecule has 0 spiro atoms. The molecule has 188 valence electrons. The highest BCUT2D eigenvalue weighted by atomic mass is 35.5. The molecule has 0 radical (unpaired) electrons. The maximum atomic E-state index is 13.4. The Kier molecular flexibility index (Phi) is 7.85. The fourth-order valence-electron chi connectivity index (χ4n) is 4.72. The lowest BCUT2D eigenvalue weighted by molar-refractivity contribution is -0.137. The van der Waals surface area contributed by atoms with E-state index in [0.29, 0.717) is 47.9 Å². The number of amides is 1. The summed E-state index contributed by atoms with van der Waals surface area (Å²) in [6.45, 7) is 2.00. The summed E-state index contributed by atoms with van der Waals surface area (Å²) in [7, 11) is 1.54. The molecule has 4 rings (SSSR count). The number of aryl methyl sites for hydroxylation is 1. The molecule has 0 bridgehead atoms. The van der Waals surface area contributed by atoms with E-state index in [4.69, 9.17) is 21.1 Å². The number of ether oxygens (including phenoxy) is 2. The molecule has 1 heterocycles. The molecule has 1 aliphatic rings. The van der Waals surface area contributed by atoms with Gasteiger partial charge in [-0.05, 0) is 55.2 Å². The summed E-state index contributed by atoms with van der Waals surface area (Å²) in [6.07, 6.45) is 2.67. The smallest absolute Gasteiger partial charge is 0.323 e. The third-order valence-electron chi connectivity index (χ3n) is 6.35. The quantitative estimate of drug-likeness (QED) is 0.395. The Labute approximate surface area is 216 Å². The zero-order chi connectivity index (χ0) is 25.7. The van der Waals surface area contributed by atoms with Gasteiger partial charge >= 0.3 is 5.97 Å². The number of benzene rings is 3. The van der Waals surface area contributed by atoms with E-state index in [0.717, 1.165) is 23.1 Å². The van der Waals surface area contributed by atoms with Crippen molar-refractivity contribution in [1.29, 1.82) is 0 Å². The summed E-state index contributed by atoms with van der Waals surface area (Å²) in [5.41, 5.74) is 2.99. The minimum atomic E-state index is -1.05. The van der Waals surface area contributed by atoms with Crippen molar-refractivity contribution in [3.05, 3.63) is 94.0 Å². The number of rotatable bonds is 10. The number of aliphatic carboxylic acids is 1. The molecule has 3 aromatic carbocycles. The minimum Gasteiger partial charge on any atom is -0.493 e. The van der Waals surface area contributed by atoms with Crippen LogP contribution in [0.25, 0.3) is 0 Å². The van der Waals surface area contributed by atoms with E-state index in [2.05, 4.69) is 0 Å². The van der Waals surface area contributed by atoms with Crippen molar-refractivity contribution in [3.63, 3.8) is 0 Å². The Morgan fingerprint density at radius 2 is 1.81 bits per heavy atom. The van der Waals surface area contributed by atoms with Crippen LogP contribution in [0.2, 0.25) is 5.02 Å². The number of carbonyl (C=O) groups excluding carboxylic acids is 1. The van der Waals surface area contributed by atoms with Gasteiger partial charge in [0.25, 0.3) is 5.91 Å². The second kappa shape index (κ2) is 11.0. The second-order valence-corrected chi connectivity index (χ2v) is 9.84. The van der Waals surface area contributed by atoms with Crippen molar-refractivity contribution in [3.8, 4) is 11.5 Å². The van der Waals surface area contributed by atoms with Gasteiger partial charge in [-0.1, -0.05) is 54.1 Å². The summed E-state index contributed by atoms with van der Waals surface area (Å²) in [6, 6.07) is 21.0. The van der Waals surface area contributed by atoms with Crippen molar-refractivity contribution in [1.82, 2.24) is 4.90 Å². The first kappa shape index (κ1) is 25.6. The van der Waals surface area contributed by atoms with Crippen LogP contribution in [-0.2, 0) is 24.1 Å². The molecule has 0 aromatic heterocycles. The largest absolute Gasteiger partial charge is 0.493 e. The van der Waals surface area contributed by atoms with Crippen molar-refractivity contribution in [2.75, 3.05) is 20.2 Å². The fraction of sp³-hybridized carbons (Fsp3) is 0.310. The molecule has 0 saturated carbocycles. The molecule has 0 fully saturated rings. The number of hydrogen-bond donors (Lipinski definition) is 1. The molecule has 1 atom stereocenters. The Bertz CT molecular complexity index is 1230. The van der Waals surface area contributed by atoms with Gasteiger partial charge in [-0.3, -0.25) is 9.59 Å². The average molecular weight is 508 g/mol. The number of carboxylic acid groups (broad SMARTS) is 1. The number of methoxy groups -OCH3 is 1. The lowest BCUT2D eigenvalue weighted by Crippen LogP contribution is -2.36. The van der Waals surface area contributed by atoms with Gasteiger partial charge in [0.1, 0.15) is 12.1 Å². The van der Waals surface area contributed by atoms with Gasteiger partial charge in [-0.25, -0.2) is 0 Å². The highest BCUT2D eigenvalue weighted by Crippen LogP contribution is 2.44. The molecule has 1 aliphatic heterocycles. The van der Waals surface area contributed by atoms with Crippen LogP contribution < -0.4 is 9.47 Å². The van der Waals surface area contributed by atoms with Crippen LogP contribution in [0, 0.1) is 0 Å². The normalized spacial score (nSPS) is 16.2. The second-order valence-electron chi connectivity index (χ2n) is 9.41. The van der Waals surface area contributed by atoms with Crippen LogP contribution in [0.3, 0.4) is 0 Å². The van der Waals surface area contributed by atoms with E-state index in [1.54, 1.807) is 12.1 Å². The fourth-order valence-corrected chi connectivity index (χ4v) is 4.84. The molecular formula is C29H30ClNO5. The van der Waals surface area contributed by atoms with E-state index >= 15 is 0 Å². The zero-order valence-electron chi connectivity index (χ0n) is 20.5. The molecule has 1 amide bonds. The third kappa shape index (κ3) is 6.18. The van der Waals surface area contributed by atoms with Gasteiger partial charge in [0.05, 0.1) is 7.11 Å². The van der Waals surface area contributed by atoms with Crippen LogP contribution in [-0.4, -0.2) is 47.7 Å². The minimum absolute atomic E-state index is 0.335. The molecule has 6 nitrogen and oxygen atoms in total. The van der Waals surface area contributed by atoms with Crippen molar-refractivity contribution in [2.45, 2.75) is 38.2 Å². The Morgan fingerprint density at radius 1 is 1.08 bits per heavy atom. The van der Waals surface area contributed by atoms with Gasteiger partial charge in [0.2, 0.25) is 0 Å². The molecule has 0 aliphatic carbocycles. The Morgan fingerprint density at radius 3 is 2.47 bits per heavy atom. The molecule has 1 N–H and O–H groups in total. The predicted octanol–water partition coefficient (Wildman–Crippen LogP) is 5.44. The third-order valence-corrected chi connectivity index (χ3v) is 6.60. The van der Waals surface area contributed by atoms with Gasteiger partial charge < -0.3 is 19.5 Å². The monoisotopic (exact) mass is 507 g/mol. The predicted molar refractivity (Wildman–Crippen MR) is 139 cm³/mol. The zero-order valence-corrected chi connectivity index (χ0v) is 21.3. The van der Waals surface area contributed by atoms with Gasteiger partial charge in [0.15, 0.2) is 11.5 Å². The van der Waals surface area contributed by atoms with Crippen LogP contribution in [0.4, 0.5) is 0 Å². The van der Waals surface area contributed by atoms with E-state index in [1.807, 2.05) is 61.5 Å². The summed E-state index contributed by atoms with van der Waals surface area (Å²) in [5, 5.41) is 10.1. The standard InChI is InChI=1S/C29H30ClNO5/c1-29(17-21-10-12-24(30)13-11-21)18-23-15-22(16-25(35-2)27(23)36-29)28(34)31(19-26(32)33)14-6-9-20-7-4-3-5-8-20/h3-5,7-8,10-13,15-16H,6,9,14,17-19H2,1-2H3,(H,32,33)/t29-/m0/s1. The van der Waals surface area contributed by atoms with Gasteiger partial charge in [-0.2, -0.15) is 0 Å². The molecule has 0 saturated heterocycles. The van der Waals surface area contributed by atoms with E-state index in [-0.39, 0.29) is 12.5 Å². The van der Waals surface area contributed by atoms with E-state index < -0.39 is 11.6 Å². The van der Waals surface area contributed by atoms with E-state index in [9.17, 15) is 14.7 Å². The van der Waals surface area contributed by atoms with Gasteiger partial charge in [-0.15, -0.1) is 0 Å². The van der Waals surface area contributed by atoms with Crippen LogP contribution in [0.1, 0.15) is 40.4 Å². The maximum absolute atomic E-state index is 13.4. The number of carbonyl (C=O) groups is 2. The first-order chi connectivity index (χ1) is 17.3. The first-order valence-electron chi connectivity index (χ1n) is 12.0. The van der Waals surface area contributed by atoms with Crippen LogP contribution in [0.5, 0.6) is 11.5 Å². The maximum Gasteiger partial charge on any atom is 0.323 e. The van der Waals surface area contributed by atoms with Crippen molar-refractivity contribution < 1.29 is 24.2 Å². The number of carboxylic acids is 1. The van der Waals surface area contributed by atoms with Crippen LogP contribution in [0.15, 0.2) is 66.7 Å². The number of hydrogen-bond acceptors (Lipinski definition) is 4. The Hall–Kier alpha value is -3.51. The number of fused-ring (bicyclic) bond motifs is 1. The van der Waals surface area contributed by atoms with Crippen molar-refractivity contribution >= 4 is 23.5 Å². The Balaban J connectivity index is 1.52. The van der Waals surface area contributed by atoms with Crippen LogP contribution >= 0.6 is 11.6 Å². The van der Waals surface area contributed by atoms with E-state index in [1.165, 1.54) is 12.0 Å². The molecule has 7 heteroatoms. The number of nitrogens with zero attached hydrogens (tertiary/aromatic N) is 1.